The van der Waals surface area contributed by atoms with E-state index in [1.807, 2.05) is 6.92 Å². The zero-order chi connectivity index (χ0) is 20.5. The van der Waals surface area contributed by atoms with Gasteiger partial charge in [-0.2, -0.15) is 5.10 Å². The highest BCUT2D eigenvalue weighted by atomic mass is 16.2. The van der Waals surface area contributed by atoms with Gasteiger partial charge in [0.05, 0.1) is 0 Å². The number of carbonyl (C=O) groups is 1. The van der Waals surface area contributed by atoms with E-state index in [0.29, 0.717) is 18.8 Å². The third kappa shape index (κ3) is 6.51. The maximum Gasteiger partial charge on any atom is 0.271 e. The second-order valence-electron chi connectivity index (χ2n) is 7.49. The zero-order valence-electron chi connectivity index (χ0n) is 17.2. The van der Waals surface area contributed by atoms with Crippen LogP contribution in [0.1, 0.15) is 35.8 Å². The second kappa shape index (κ2) is 10.9. The molecule has 1 aliphatic heterocycles. The van der Waals surface area contributed by atoms with Crippen molar-refractivity contribution >= 4 is 5.91 Å². The first-order chi connectivity index (χ1) is 14.2. The van der Waals surface area contributed by atoms with Crippen molar-refractivity contribution in [2.45, 2.75) is 32.9 Å². The Bertz CT molecular complexity index is 829. The average Bonchev–Trinajstić information content (AvgIpc) is 2.75. The molecular formula is C22H31N5O2. The van der Waals surface area contributed by atoms with E-state index in [1.165, 1.54) is 22.4 Å². The number of aryl methyl sites for hydroxylation is 1. The van der Waals surface area contributed by atoms with Crippen molar-refractivity contribution in [3.63, 3.8) is 0 Å². The summed E-state index contributed by atoms with van der Waals surface area (Å²) in [7, 11) is 0. The van der Waals surface area contributed by atoms with Gasteiger partial charge in [0.2, 0.25) is 0 Å². The van der Waals surface area contributed by atoms with Gasteiger partial charge in [-0.1, -0.05) is 37.3 Å². The van der Waals surface area contributed by atoms with Crippen molar-refractivity contribution < 1.29 is 4.79 Å². The van der Waals surface area contributed by atoms with Crippen LogP contribution in [0.25, 0.3) is 0 Å². The summed E-state index contributed by atoms with van der Waals surface area (Å²) < 4.78 is 1.35. The minimum Gasteiger partial charge on any atom is -0.351 e. The van der Waals surface area contributed by atoms with Gasteiger partial charge >= 0.3 is 0 Å². The Morgan fingerprint density at radius 3 is 2.45 bits per heavy atom. The highest BCUT2D eigenvalue weighted by Gasteiger charge is 2.16. The molecule has 0 radical (unpaired) electrons. The quantitative estimate of drug-likeness (QED) is 0.651. The maximum absolute atomic E-state index is 12.3. The Morgan fingerprint density at radius 1 is 1.00 bits per heavy atom. The van der Waals surface area contributed by atoms with E-state index in [0.717, 1.165) is 52.1 Å². The van der Waals surface area contributed by atoms with Gasteiger partial charge in [0.25, 0.3) is 11.5 Å². The van der Waals surface area contributed by atoms with E-state index in [9.17, 15) is 9.59 Å². The fourth-order valence-electron chi connectivity index (χ4n) is 3.55. The largest absolute Gasteiger partial charge is 0.351 e. The molecule has 0 saturated carbocycles. The molecule has 1 aliphatic rings. The smallest absolute Gasteiger partial charge is 0.271 e. The average molecular weight is 398 g/mol. The summed E-state index contributed by atoms with van der Waals surface area (Å²) in [6.07, 6.45) is 1.70. The molecule has 1 aromatic heterocycles. The Morgan fingerprint density at radius 2 is 1.72 bits per heavy atom. The van der Waals surface area contributed by atoms with Crippen molar-refractivity contribution in [1.29, 1.82) is 0 Å². The van der Waals surface area contributed by atoms with Gasteiger partial charge in [-0.3, -0.25) is 14.5 Å². The predicted molar refractivity (Wildman–Crippen MR) is 114 cm³/mol. The minimum atomic E-state index is -0.220. The van der Waals surface area contributed by atoms with Crippen LogP contribution in [0.2, 0.25) is 0 Å². The van der Waals surface area contributed by atoms with E-state index in [2.05, 4.69) is 50.5 Å². The van der Waals surface area contributed by atoms with Crippen LogP contribution in [0, 0.1) is 0 Å². The van der Waals surface area contributed by atoms with E-state index in [-0.39, 0.29) is 11.5 Å². The molecule has 2 heterocycles. The molecule has 1 saturated heterocycles. The van der Waals surface area contributed by atoms with Gasteiger partial charge in [0.1, 0.15) is 5.69 Å². The third-order valence-corrected chi connectivity index (χ3v) is 5.19. The summed E-state index contributed by atoms with van der Waals surface area (Å²) in [6.45, 7) is 9.36. The van der Waals surface area contributed by atoms with Gasteiger partial charge in [-0.05, 0) is 31.0 Å². The van der Waals surface area contributed by atoms with Crippen LogP contribution in [-0.2, 0) is 13.1 Å². The van der Waals surface area contributed by atoms with Crippen LogP contribution < -0.4 is 10.9 Å². The molecule has 1 fully saturated rings. The molecular weight excluding hydrogens is 366 g/mol. The lowest BCUT2D eigenvalue weighted by Gasteiger charge is -2.34. The number of carbonyl (C=O) groups excluding carboxylic acids is 1. The first kappa shape index (κ1) is 21.2. The SMILES string of the molecule is CCCn1nc(C(=O)NCCCN2CCN(Cc3ccccc3)CC2)ccc1=O. The van der Waals surface area contributed by atoms with E-state index >= 15 is 0 Å². The molecule has 0 atom stereocenters. The first-order valence-electron chi connectivity index (χ1n) is 10.5. The maximum atomic E-state index is 12.3. The van der Waals surface area contributed by atoms with Crippen LogP contribution in [-0.4, -0.2) is 64.8 Å². The summed E-state index contributed by atoms with van der Waals surface area (Å²) >= 11 is 0. The van der Waals surface area contributed by atoms with Crippen molar-refractivity contribution in [3.8, 4) is 0 Å². The molecule has 1 aromatic carbocycles. The number of aromatic nitrogens is 2. The Balaban J connectivity index is 1.34. The first-order valence-corrected chi connectivity index (χ1v) is 10.5. The number of hydrogen-bond donors (Lipinski definition) is 1. The summed E-state index contributed by atoms with van der Waals surface area (Å²) in [5.41, 5.74) is 1.49. The van der Waals surface area contributed by atoms with Gasteiger partial charge in [0.15, 0.2) is 0 Å². The number of hydrogen-bond acceptors (Lipinski definition) is 5. The van der Waals surface area contributed by atoms with E-state index < -0.39 is 0 Å². The number of benzene rings is 1. The topological polar surface area (TPSA) is 70.5 Å². The summed E-state index contributed by atoms with van der Waals surface area (Å²) in [5.74, 6) is -0.220. The number of nitrogens with zero attached hydrogens (tertiary/aromatic N) is 4. The number of rotatable bonds is 9. The number of nitrogens with one attached hydrogen (secondary N) is 1. The van der Waals surface area contributed by atoms with Gasteiger partial charge in [-0.15, -0.1) is 0 Å². The zero-order valence-corrected chi connectivity index (χ0v) is 17.2. The molecule has 0 bridgehead atoms. The molecule has 0 unspecified atom stereocenters. The Hall–Kier alpha value is -2.51. The molecule has 1 amide bonds. The van der Waals surface area contributed by atoms with E-state index in [1.54, 1.807) is 0 Å². The molecule has 2 aromatic rings. The number of amides is 1. The van der Waals surface area contributed by atoms with Gasteiger partial charge in [-0.25, -0.2) is 4.68 Å². The lowest BCUT2D eigenvalue weighted by Crippen LogP contribution is -2.46. The third-order valence-electron chi connectivity index (χ3n) is 5.19. The van der Waals surface area contributed by atoms with Gasteiger partial charge < -0.3 is 10.2 Å². The summed E-state index contributed by atoms with van der Waals surface area (Å²) in [4.78, 5) is 28.9. The normalized spacial score (nSPS) is 15.3. The van der Waals surface area contributed by atoms with Crippen molar-refractivity contribution in [2.75, 3.05) is 39.3 Å². The Labute approximate surface area is 172 Å². The molecule has 7 nitrogen and oxygen atoms in total. The molecule has 0 spiro atoms. The van der Waals surface area contributed by atoms with Crippen LogP contribution >= 0.6 is 0 Å². The molecule has 3 rings (SSSR count). The van der Waals surface area contributed by atoms with E-state index in [4.69, 9.17) is 0 Å². The van der Waals surface area contributed by atoms with Gasteiger partial charge in [0, 0.05) is 51.9 Å². The highest BCUT2D eigenvalue weighted by Crippen LogP contribution is 2.08. The van der Waals surface area contributed by atoms with Crippen LogP contribution in [0.4, 0.5) is 0 Å². The predicted octanol–water partition coefficient (Wildman–Crippen LogP) is 1.59. The molecule has 0 aliphatic carbocycles. The van der Waals surface area contributed by atoms with Crippen molar-refractivity contribution in [3.05, 3.63) is 64.1 Å². The highest BCUT2D eigenvalue weighted by molar-refractivity contribution is 5.91. The molecule has 29 heavy (non-hydrogen) atoms. The lowest BCUT2D eigenvalue weighted by atomic mass is 10.2. The minimum absolute atomic E-state index is 0.171. The molecule has 1 N–H and O–H groups in total. The summed E-state index contributed by atoms with van der Waals surface area (Å²) in [5, 5.41) is 7.06. The molecule has 7 heteroatoms. The van der Waals surface area contributed by atoms with Crippen molar-refractivity contribution in [2.24, 2.45) is 0 Å². The molecule has 156 valence electrons. The van der Waals surface area contributed by atoms with Crippen LogP contribution in [0.15, 0.2) is 47.3 Å². The standard InChI is InChI=1S/C22H31N5O2/c1-2-12-27-21(28)10-9-20(24-27)22(29)23-11-6-13-25-14-16-26(17-15-25)18-19-7-4-3-5-8-19/h3-5,7-10H,2,6,11-18H2,1H3,(H,23,29). The number of piperazine rings is 1. The lowest BCUT2D eigenvalue weighted by molar-refractivity contribution is 0.0939. The fourth-order valence-corrected chi connectivity index (χ4v) is 3.55. The van der Waals surface area contributed by atoms with Crippen LogP contribution in [0.3, 0.4) is 0 Å². The fraction of sp³-hybridized carbons (Fsp3) is 0.500. The monoisotopic (exact) mass is 397 g/mol. The Kier molecular flexibility index (Phi) is 7.95. The second-order valence-corrected chi connectivity index (χ2v) is 7.49. The van der Waals surface area contributed by atoms with Crippen molar-refractivity contribution in [1.82, 2.24) is 24.9 Å². The van der Waals surface area contributed by atoms with Crippen LogP contribution in [0.5, 0.6) is 0 Å². The summed E-state index contributed by atoms with van der Waals surface area (Å²) in [6, 6.07) is 13.5.